The Morgan fingerprint density at radius 2 is 0.983 bits per heavy atom. The highest BCUT2D eigenvalue weighted by molar-refractivity contribution is 8.13. The lowest BCUT2D eigenvalue weighted by molar-refractivity contribution is 0.112. The molecule has 0 atom stereocenters. The first-order chi connectivity index (χ1) is 28.4. The summed E-state index contributed by atoms with van der Waals surface area (Å²) >= 11 is 16.6. The molecule has 4 aromatic carbocycles. The number of halogens is 4. The van der Waals surface area contributed by atoms with Gasteiger partial charge in [-0.15, -0.1) is 4.83 Å². The lowest BCUT2D eigenvalue weighted by Gasteiger charge is -2.05. The number of nitrogens with zero attached hydrogens (tertiary/aromatic N) is 4. The van der Waals surface area contributed by atoms with Crippen molar-refractivity contribution in [3.8, 4) is 11.5 Å². The van der Waals surface area contributed by atoms with E-state index >= 15 is 0 Å². The third kappa shape index (κ3) is 13.3. The summed E-state index contributed by atoms with van der Waals surface area (Å²) in [5.74, 6) is 4.80. The van der Waals surface area contributed by atoms with Crippen molar-refractivity contribution in [1.29, 1.82) is 0 Å². The molecule has 0 fully saturated rings. The number of nitrogens with two attached hydrogens (primary N) is 1. The number of aromatic nitrogens is 3. The summed E-state index contributed by atoms with van der Waals surface area (Å²) in [7, 11) is -6.31. The van der Waals surface area contributed by atoms with Gasteiger partial charge >= 0.3 is 0 Å². The molecule has 0 aliphatic heterocycles. The fraction of sp³-hybridized carbons (Fsp3) is 0. The molecule has 0 saturated carbocycles. The number of sulfonamides is 2. The van der Waals surface area contributed by atoms with Gasteiger partial charge in [-0.2, -0.15) is 18.4 Å². The minimum absolute atomic E-state index is 0.00117. The molecular formula is C37H29Cl4N7O9S3. The highest BCUT2D eigenvalue weighted by Crippen LogP contribution is 2.26. The molecular weight excluding hydrogens is 924 g/mol. The van der Waals surface area contributed by atoms with Crippen LogP contribution in [0.4, 0.5) is 0 Å². The fourth-order valence-electron chi connectivity index (χ4n) is 4.64. The molecule has 3 heterocycles. The first-order valence-corrected chi connectivity index (χ1v) is 22.7. The van der Waals surface area contributed by atoms with E-state index in [1.807, 2.05) is 48.5 Å². The Morgan fingerprint density at radius 3 is 1.40 bits per heavy atom. The van der Waals surface area contributed by atoms with Gasteiger partial charge in [0.1, 0.15) is 11.5 Å². The zero-order valence-corrected chi connectivity index (χ0v) is 35.6. The predicted octanol–water partition coefficient (Wildman–Crippen LogP) is 6.81. The zero-order valence-electron chi connectivity index (χ0n) is 30.1. The van der Waals surface area contributed by atoms with Gasteiger partial charge in [0.2, 0.25) is 0 Å². The minimum atomic E-state index is -3.91. The topological polar surface area (TPSA) is 261 Å². The Hall–Kier alpha value is -5.48. The lowest BCUT2D eigenvalue weighted by Crippen LogP contribution is -2.30. The number of fused-ring (bicyclic) bond motifs is 2. The van der Waals surface area contributed by atoms with Crippen LogP contribution in [0.5, 0.6) is 11.5 Å². The minimum Gasteiger partial charge on any atom is -0.507 e. The summed E-state index contributed by atoms with van der Waals surface area (Å²) in [6, 6.07) is 29.5. The average Bonchev–Trinajstić information content (AvgIpc) is 3.22. The van der Waals surface area contributed by atoms with Crippen molar-refractivity contribution < 1.29 is 40.3 Å². The molecule has 16 nitrogen and oxygen atoms in total. The third-order valence-electron chi connectivity index (χ3n) is 7.44. The van der Waals surface area contributed by atoms with Gasteiger partial charge in [0, 0.05) is 34.8 Å². The van der Waals surface area contributed by atoms with Crippen LogP contribution in [-0.2, 0) is 29.1 Å². The molecule has 0 amide bonds. The summed E-state index contributed by atoms with van der Waals surface area (Å²) in [5.41, 5.74) is 0.776. The van der Waals surface area contributed by atoms with Crippen LogP contribution in [0.3, 0.4) is 0 Å². The maximum atomic E-state index is 12.1. The van der Waals surface area contributed by atoms with E-state index in [2.05, 4.69) is 24.9 Å². The van der Waals surface area contributed by atoms with E-state index in [-0.39, 0.29) is 26.6 Å². The number of hydrazone groups is 1. The molecule has 0 unspecified atom stereocenters. The fourth-order valence-corrected chi connectivity index (χ4v) is 6.95. The Bertz CT molecular complexity index is 2970. The second-order valence-corrected chi connectivity index (χ2v) is 18.5. The van der Waals surface area contributed by atoms with Crippen molar-refractivity contribution >= 4 is 109 Å². The monoisotopic (exact) mass is 951 g/mol. The number of benzene rings is 4. The lowest BCUT2D eigenvalue weighted by atomic mass is 10.0. The first kappa shape index (κ1) is 47.2. The van der Waals surface area contributed by atoms with Crippen molar-refractivity contribution in [3.05, 3.63) is 154 Å². The molecule has 0 aliphatic rings. The van der Waals surface area contributed by atoms with Crippen molar-refractivity contribution in [3.63, 3.8) is 0 Å². The number of carbonyl (C=O) groups excluding carboxylic acids is 1. The molecule has 312 valence electrons. The van der Waals surface area contributed by atoms with E-state index in [0.717, 1.165) is 21.5 Å². The van der Waals surface area contributed by atoms with E-state index < -0.39 is 29.1 Å². The van der Waals surface area contributed by atoms with E-state index in [1.54, 1.807) is 17.0 Å². The van der Waals surface area contributed by atoms with Gasteiger partial charge in [-0.1, -0.05) is 95.5 Å². The summed E-state index contributed by atoms with van der Waals surface area (Å²) in [6.45, 7) is 0. The molecule has 3 aromatic heterocycles. The van der Waals surface area contributed by atoms with Gasteiger partial charge in [-0.3, -0.25) is 10.6 Å². The predicted molar refractivity (Wildman–Crippen MR) is 230 cm³/mol. The van der Waals surface area contributed by atoms with E-state index in [9.17, 15) is 40.3 Å². The van der Waals surface area contributed by atoms with Crippen molar-refractivity contribution in [2.45, 2.75) is 15.1 Å². The molecule has 0 aliphatic carbocycles. The molecule has 7 aromatic rings. The average molecular weight is 954 g/mol. The number of phenolic OH excluding ortho intramolecular Hbond substituents is 2. The van der Waals surface area contributed by atoms with Crippen LogP contribution in [0.15, 0.2) is 148 Å². The molecule has 7 rings (SSSR count). The molecule has 0 bridgehead atoms. The second-order valence-electron chi connectivity index (χ2n) is 11.4. The smallest absolute Gasteiger partial charge is 0.294 e. The number of rotatable bonds is 8. The summed E-state index contributed by atoms with van der Waals surface area (Å²) in [6.07, 6.45) is 5.61. The van der Waals surface area contributed by atoms with E-state index in [4.69, 9.17) is 51.3 Å². The van der Waals surface area contributed by atoms with Crippen LogP contribution < -0.4 is 15.5 Å². The number of nitrogens with one attached hydrogen (secondary N) is 2. The number of phenols is 2. The number of hydrogen-bond acceptors (Lipinski definition) is 14. The Morgan fingerprint density at radius 1 is 0.567 bits per heavy atom. The Kier molecular flexibility index (Phi) is 16.6. The SMILES string of the molecule is NNS(=O)(=O)c1ccc(Cl)cn1.O=Cc1c(O)ccc2ccccc12.O=S(=O)(Cl)c1ccc(Cl)cn1.O=S(=O)(N/N=C/c1c(O)ccc2ccccc12)c1ccc(Cl)cn1. The molecule has 0 radical (unpaired) electrons. The van der Waals surface area contributed by atoms with Crippen LogP contribution in [0.1, 0.15) is 15.9 Å². The van der Waals surface area contributed by atoms with Gasteiger partial charge in [0.05, 0.1) is 26.8 Å². The van der Waals surface area contributed by atoms with Crippen molar-refractivity contribution in [2.75, 3.05) is 0 Å². The molecule has 23 heteroatoms. The number of hydrazine groups is 1. The molecule has 6 N–H and O–H groups in total. The highest BCUT2D eigenvalue weighted by Gasteiger charge is 2.15. The van der Waals surface area contributed by atoms with Gasteiger partial charge in [0.25, 0.3) is 29.1 Å². The normalized spacial score (nSPS) is 11.3. The number of carbonyl (C=O) groups is 1. The Labute approximate surface area is 362 Å². The van der Waals surface area contributed by atoms with Crippen molar-refractivity contribution in [1.82, 2.24) is 24.6 Å². The number of hydrogen-bond donors (Lipinski definition) is 5. The van der Waals surface area contributed by atoms with E-state index in [1.165, 1.54) is 73.3 Å². The van der Waals surface area contributed by atoms with Crippen LogP contribution in [0.2, 0.25) is 15.1 Å². The molecule has 0 saturated heterocycles. The number of aromatic hydroxyl groups is 2. The number of aldehydes is 1. The van der Waals surface area contributed by atoms with Gasteiger partial charge in [0.15, 0.2) is 21.4 Å². The largest absolute Gasteiger partial charge is 0.507 e. The van der Waals surface area contributed by atoms with Crippen LogP contribution >= 0.6 is 45.5 Å². The summed E-state index contributed by atoms with van der Waals surface area (Å²) in [5, 5.41) is 27.0. The standard InChI is InChI=1S/C16H12ClN3O3S.C11H8O2.C5H3Cl2NO2S.C5H6ClN3O2S/c17-12-6-8-16(18-9-12)24(22,23)20-19-10-14-13-4-2-1-3-11(13)5-7-15(14)21;12-7-10-9-4-2-1-3-8(9)5-6-11(10)13;6-4-1-2-5(8-3-4)11(7,9)10;6-4-1-2-5(8-3-4)12(10,11)9-7/h1-10,20-21H;1-7,13H;1-3H;1-3,9H,7H2/b19-10+;;;. The second kappa shape index (κ2) is 21.2. The molecule has 0 spiro atoms. The van der Waals surface area contributed by atoms with Gasteiger partial charge in [-0.05, 0) is 70.1 Å². The maximum absolute atomic E-state index is 12.1. The quantitative estimate of drug-likeness (QED) is 0.0345. The first-order valence-electron chi connectivity index (χ1n) is 16.3. The highest BCUT2D eigenvalue weighted by atomic mass is 35.7. The maximum Gasteiger partial charge on any atom is 0.294 e. The number of pyridine rings is 3. The van der Waals surface area contributed by atoms with Crippen molar-refractivity contribution in [2.24, 2.45) is 10.9 Å². The zero-order chi connectivity index (χ0) is 44.1. The Balaban J connectivity index is 0.000000188. The van der Waals surface area contributed by atoms with Crippen LogP contribution in [0, 0.1) is 0 Å². The summed E-state index contributed by atoms with van der Waals surface area (Å²) in [4.78, 5) is 25.2. The third-order valence-corrected chi connectivity index (χ3v) is 11.6. The van der Waals surface area contributed by atoms with Gasteiger partial charge < -0.3 is 10.2 Å². The van der Waals surface area contributed by atoms with E-state index in [0.29, 0.717) is 32.5 Å². The van der Waals surface area contributed by atoms with Crippen LogP contribution in [0.25, 0.3) is 21.5 Å². The van der Waals surface area contributed by atoms with Crippen LogP contribution in [-0.4, -0.2) is 62.9 Å². The molecule has 60 heavy (non-hydrogen) atoms. The van der Waals surface area contributed by atoms with Gasteiger partial charge in [-0.25, -0.2) is 31.8 Å². The summed E-state index contributed by atoms with van der Waals surface area (Å²) < 4.78 is 67.3.